The van der Waals surface area contributed by atoms with Crippen LogP contribution in [0.5, 0.6) is 0 Å². The van der Waals surface area contributed by atoms with Gasteiger partial charge < -0.3 is 9.88 Å². The number of amides is 1. The van der Waals surface area contributed by atoms with Gasteiger partial charge in [0.05, 0.1) is 11.3 Å². The fourth-order valence-electron chi connectivity index (χ4n) is 3.67. The molecule has 0 bridgehead atoms. The second-order valence-corrected chi connectivity index (χ2v) is 8.08. The maximum Gasteiger partial charge on any atom is 0.254 e. The normalized spacial score (nSPS) is 15.7. The van der Waals surface area contributed by atoms with Crippen LogP contribution >= 0.6 is 11.3 Å². The molecule has 136 valence electrons. The Morgan fingerprint density at radius 1 is 1.35 bits per heavy atom. The Hall–Kier alpha value is -2.21. The summed E-state index contributed by atoms with van der Waals surface area (Å²) in [5.41, 5.74) is 4.75. The van der Waals surface area contributed by atoms with E-state index in [0.717, 1.165) is 61.2 Å². The highest BCUT2D eigenvalue weighted by Crippen LogP contribution is 2.30. The molecule has 0 spiro atoms. The molecule has 5 nitrogen and oxygen atoms in total. The van der Waals surface area contributed by atoms with E-state index in [4.69, 9.17) is 0 Å². The van der Waals surface area contributed by atoms with E-state index < -0.39 is 0 Å². The molecule has 1 amide bonds. The van der Waals surface area contributed by atoms with Gasteiger partial charge in [0.1, 0.15) is 5.52 Å². The summed E-state index contributed by atoms with van der Waals surface area (Å²) in [5, 5.41) is 2.01. The number of carbonyl (C=O) groups is 1. The van der Waals surface area contributed by atoms with Crippen LogP contribution in [0.1, 0.15) is 58.7 Å². The van der Waals surface area contributed by atoms with Crippen LogP contribution in [0, 0.1) is 6.92 Å². The molecule has 0 saturated carbocycles. The summed E-state index contributed by atoms with van der Waals surface area (Å²) in [5.74, 6) is 0.617. The van der Waals surface area contributed by atoms with Crippen molar-refractivity contribution in [2.45, 2.75) is 45.4 Å². The minimum Gasteiger partial charge on any atom is -0.342 e. The number of piperidine rings is 1. The zero-order valence-corrected chi connectivity index (χ0v) is 16.1. The molecule has 0 unspecified atom stereocenters. The summed E-state index contributed by atoms with van der Waals surface area (Å²) >= 11 is 1.70. The molecular formula is C20H24N4OS. The number of aromatic nitrogens is 3. The Kier molecular flexibility index (Phi) is 4.76. The third-order valence-electron chi connectivity index (χ3n) is 5.10. The van der Waals surface area contributed by atoms with Gasteiger partial charge in [-0.1, -0.05) is 13.3 Å². The molecule has 0 atom stereocenters. The molecule has 6 heteroatoms. The van der Waals surface area contributed by atoms with Crippen LogP contribution in [0.2, 0.25) is 0 Å². The van der Waals surface area contributed by atoms with Crippen molar-refractivity contribution in [3.63, 3.8) is 0 Å². The van der Waals surface area contributed by atoms with Crippen LogP contribution < -0.4 is 0 Å². The van der Waals surface area contributed by atoms with Gasteiger partial charge >= 0.3 is 0 Å². The minimum atomic E-state index is 0.178. The van der Waals surface area contributed by atoms with Gasteiger partial charge in [-0.2, -0.15) is 0 Å². The van der Waals surface area contributed by atoms with Gasteiger partial charge in [0.2, 0.25) is 0 Å². The van der Waals surface area contributed by atoms with Gasteiger partial charge in [-0.15, -0.1) is 11.3 Å². The first-order valence-electron chi connectivity index (χ1n) is 9.33. The first kappa shape index (κ1) is 17.2. The molecule has 1 saturated heterocycles. The van der Waals surface area contributed by atoms with E-state index in [2.05, 4.69) is 34.0 Å². The van der Waals surface area contributed by atoms with Gasteiger partial charge in [0.15, 0.2) is 5.65 Å². The average Bonchev–Trinajstić information content (AvgIpc) is 3.28. The van der Waals surface area contributed by atoms with E-state index in [9.17, 15) is 4.79 Å². The van der Waals surface area contributed by atoms with E-state index in [1.807, 2.05) is 17.2 Å². The maximum absolute atomic E-state index is 12.7. The van der Waals surface area contributed by atoms with Crippen molar-refractivity contribution in [1.82, 2.24) is 19.9 Å². The van der Waals surface area contributed by atoms with Gasteiger partial charge in [-0.25, -0.2) is 4.98 Å². The zero-order valence-electron chi connectivity index (χ0n) is 15.3. The Balaban J connectivity index is 1.41. The summed E-state index contributed by atoms with van der Waals surface area (Å²) in [4.78, 5) is 28.4. The summed E-state index contributed by atoms with van der Waals surface area (Å²) in [6, 6.07) is 4.18. The Morgan fingerprint density at radius 2 is 2.15 bits per heavy atom. The van der Waals surface area contributed by atoms with Crippen molar-refractivity contribution >= 4 is 28.4 Å². The number of fused-ring (bicyclic) bond motifs is 1. The number of H-pyrrole nitrogens is 1. The molecule has 4 heterocycles. The van der Waals surface area contributed by atoms with Crippen LogP contribution in [0.25, 0.3) is 11.2 Å². The molecule has 0 radical (unpaired) electrons. The van der Waals surface area contributed by atoms with Crippen LogP contribution in [0.3, 0.4) is 0 Å². The quantitative estimate of drug-likeness (QED) is 0.747. The number of hydrogen-bond acceptors (Lipinski definition) is 4. The molecule has 3 aromatic rings. The first-order chi connectivity index (χ1) is 12.6. The molecule has 1 fully saturated rings. The molecule has 1 N–H and O–H groups in total. The number of aromatic amines is 1. The zero-order chi connectivity index (χ0) is 18.1. The van der Waals surface area contributed by atoms with Gasteiger partial charge in [0, 0.05) is 41.2 Å². The summed E-state index contributed by atoms with van der Waals surface area (Å²) in [7, 11) is 0. The summed E-state index contributed by atoms with van der Waals surface area (Å²) < 4.78 is 0. The van der Waals surface area contributed by atoms with E-state index >= 15 is 0 Å². The van der Waals surface area contributed by atoms with Crippen LogP contribution in [0.15, 0.2) is 23.7 Å². The number of nitrogens with one attached hydrogen (secondary N) is 1. The van der Waals surface area contributed by atoms with Gasteiger partial charge in [-0.05, 0) is 38.3 Å². The van der Waals surface area contributed by atoms with E-state index in [-0.39, 0.29) is 5.91 Å². The van der Waals surface area contributed by atoms with Crippen LogP contribution in [0.4, 0.5) is 0 Å². The topological polar surface area (TPSA) is 61.9 Å². The lowest BCUT2D eigenvalue weighted by Crippen LogP contribution is -2.37. The first-order valence-corrected chi connectivity index (χ1v) is 10.2. The average molecular weight is 369 g/mol. The largest absolute Gasteiger partial charge is 0.342 e. The fourth-order valence-corrected chi connectivity index (χ4v) is 4.63. The smallest absolute Gasteiger partial charge is 0.254 e. The molecule has 1 aliphatic rings. The second kappa shape index (κ2) is 7.19. The number of likely N-dealkylation sites (tertiary alicyclic amines) is 1. The number of rotatable bonds is 4. The van der Waals surface area contributed by atoms with Crippen molar-refractivity contribution in [3.05, 3.63) is 45.5 Å². The van der Waals surface area contributed by atoms with Crippen molar-refractivity contribution in [2.75, 3.05) is 13.1 Å². The van der Waals surface area contributed by atoms with Crippen molar-refractivity contribution in [1.29, 1.82) is 0 Å². The Bertz CT molecular complexity index is 921. The van der Waals surface area contributed by atoms with Crippen molar-refractivity contribution in [2.24, 2.45) is 0 Å². The maximum atomic E-state index is 12.7. The third kappa shape index (κ3) is 3.38. The molecular weight excluding hydrogens is 344 g/mol. The number of nitrogens with zero attached hydrogens (tertiary/aromatic N) is 3. The predicted octanol–water partition coefficient (Wildman–Crippen LogP) is 4.30. The highest BCUT2D eigenvalue weighted by atomic mass is 32.1. The standard InChI is InChI=1S/C20H24N4OS/c1-3-4-16-9-15(12-26-16)20(25)24-7-5-14(6-8-24)17-10-18-19(23-17)22-13(2)11-21-18/h9-12,14H,3-8H2,1-2H3,(H,22,23). The fraction of sp³-hybridized carbons (Fsp3) is 0.450. The molecule has 1 aliphatic heterocycles. The number of thiophene rings is 1. The third-order valence-corrected chi connectivity index (χ3v) is 6.09. The van der Waals surface area contributed by atoms with Gasteiger partial charge in [0.25, 0.3) is 5.91 Å². The SMILES string of the molecule is CCCc1cc(C(=O)N2CCC(c3cc4ncc(C)nc4[nH]3)CC2)cs1. The lowest BCUT2D eigenvalue weighted by atomic mass is 9.93. The van der Waals surface area contributed by atoms with Gasteiger partial charge in [-0.3, -0.25) is 9.78 Å². The van der Waals surface area contributed by atoms with Crippen LogP contribution in [-0.2, 0) is 6.42 Å². The molecule has 4 rings (SSSR count). The number of aryl methyl sites for hydroxylation is 2. The van der Waals surface area contributed by atoms with E-state index in [1.54, 1.807) is 17.5 Å². The molecule has 3 aromatic heterocycles. The monoisotopic (exact) mass is 368 g/mol. The number of carbonyl (C=O) groups excluding carboxylic acids is 1. The number of hydrogen-bond donors (Lipinski definition) is 1. The molecule has 0 aliphatic carbocycles. The highest BCUT2D eigenvalue weighted by Gasteiger charge is 2.26. The Labute approximate surface area is 157 Å². The second-order valence-electron chi connectivity index (χ2n) is 7.09. The summed E-state index contributed by atoms with van der Waals surface area (Å²) in [6.45, 7) is 5.73. The molecule has 0 aromatic carbocycles. The molecule has 26 heavy (non-hydrogen) atoms. The van der Waals surface area contributed by atoms with Crippen LogP contribution in [-0.4, -0.2) is 38.8 Å². The lowest BCUT2D eigenvalue weighted by molar-refractivity contribution is 0.0712. The Morgan fingerprint density at radius 3 is 2.92 bits per heavy atom. The summed E-state index contributed by atoms with van der Waals surface area (Å²) in [6.07, 6.45) is 5.93. The predicted molar refractivity (Wildman–Crippen MR) is 105 cm³/mol. The minimum absolute atomic E-state index is 0.178. The lowest BCUT2D eigenvalue weighted by Gasteiger charge is -2.31. The van der Waals surface area contributed by atoms with E-state index in [1.165, 1.54) is 10.6 Å². The highest BCUT2D eigenvalue weighted by molar-refractivity contribution is 7.10. The van der Waals surface area contributed by atoms with Crippen molar-refractivity contribution in [3.8, 4) is 0 Å². The van der Waals surface area contributed by atoms with Crippen molar-refractivity contribution < 1.29 is 4.79 Å². The van der Waals surface area contributed by atoms with E-state index in [0.29, 0.717) is 5.92 Å².